The highest BCUT2D eigenvalue weighted by Gasteiger charge is 2.36. The zero-order valence-corrected chi connectivity index (χ0v) is 14.8. The summed E-state index contributed by atoms with van der Waals surface area (Å²) in [6, 6.07) is 11.8. The molecule has 0 saturated carbocycles. The molecule has 1 saturated heterocycles. The lowest BCUT2D eigenvalue weighted by Gasteiger charge is -2.20. The second-order valence-corrected chi connectivity index (χ2v) is 6.28. The van der Waals surface area contributed by atoms with Crippen LogP contribution in [-0.4, -0.2) is 25.0 Å². The summed E-state index contributed by atoms with van der Waals surface area (Å²) in [4.78, 5) is 26.5. The minimum Gasteiger partial charge on any atom is -0.492 e. The summed E-state index contributed by atoms with van der Waals surface area (Å²) in [7, 11) is 0. The standard InChI is InChI=1S/C20H21FN2O3/c1-3-26-18-7-5-4-6-17(18)23-12-14(11-19(23)24)20(25)22-16-10-13(2)8-9-15(16)21/h4-10,14H,3,11-12H2,1-2H3,(H,22,25). The van der Waals surface area contributed by atoms with Crippen LogP contribution in [0.3, 0.4) is 0 Å². The third-order valence-electron chi connectivity index (χ3n) is 4.33. The number of para-hydroxylation sites is 2. The van der Waals surface area contributed by atoms with Crippen molar-refractivity contribution < 1.29 is 18.7 Å². The van der Waals surface area contributed by atoms with Gasteiger partial charge in [0.1, 0.15) is 11.6 Å². The molecule has 2 aromatic carbocycles. The van der Waals surface area contributed by atoms with Gasteiger partial charge in [-0.25, -0.2) is 4.39 Å². The Balaban J connectivity index is 1.75. The third kappa shape index (κ3) is 3.69. The van der Waals surface area contributed by atoms with Crippen LogP contribution in [0.2, 0.25) is 0 Å². The van der Waals surface area contributed by atoms with E-state index in [1.54, 1.807) is 29.2 Å². The SMILES string of the molecule is CCOc1ccccc1N1CC(C(=O)Nc2cc(C)ccc2F)CC1=O. The molecule has 5 nitrogen and oxygen atoms in total. The molecule has 1 heterocycles. The summed E-state index contributed by atoms with van der Waals surface area (Å²) < 4.78 is 19.4. The maximum absolute atomic E-state index is 13.9. The van der Waals surface area contributed by atoms with Gasteiger partial charge in [-0.15, -0.1) is 0 Å². The average molecular weight is 356 g/mol. The van der Waals surface area contributed by atoms with Gasteiger partial charge >= 0.3 is 0 Å². The first-order chi connectivity index (χ1) is 12.5. The number of hydrogen-bond donors (Lipinski definition) is 1. The average Bonchev–Trinajstić information content (AvgIpc) is 3.01. The molecule has 1 N–H and O–H groups in total. The van der Waals surface area contributed by atoms with Gasteiger partial charge in [0.15, 0.2) is 0 Å². The van der Waals surface area contributed by atoms with Crippen LogP contribution in [0.4, 0.5) is 15.8 Å². The van der Waals surface area contributed by atoms with Crippen molar-refractivity contribution in [3.63, 3.8) is 0 Å². The Morgan fingerprint density at radius 3 is 2.85 bits per heavy atom. The Hall–Kier alpha value is -2.89. The highest BCUT2D eigenvalue weighted by Crippen LogP contribution is 2.33. The lowest BCUT2D eigenvalue weighted by atomic mass is 10.1. The summed E-state index contributed by atoms with van der Waals surface area (Å²) in [6.07, 6.45) is 0.0831. The summed E-state index contributed by atoms with van der Waals surface area (Å²) in [5.41, 5.74) is 1.63. The van der Waals surface area contributed by atoms with Crippen LogP contribution < -0.4 is 15.0 Å². The van der Waals surface area contributed by atoms with E-state index in [2.05, 4.69) is 5.32 Å². The molecule has 26 heavy (non-hydrogen) atoms. The van der Waals surface area contributed by atoms with Gasteiger partial charge in [-0.3, -0.25) is 9.59 Å². The van der Waals surface area contributed by atoms with Crippen molar-refractivity contribution in [2.45, 2.75) is 20.3 Å². The van der Waals surface area contributed by atoms with Gasteiger partial charge in [0.2, 0.25) is 11.8 Å². The Labute approximate surface area is 151 Å². The van der Waals surface area contributed by atoms with E-state index in [9.17, 15) is 14.0 Å². The summed E-state index contributed by atoms with van der Waals surface area (Å²) in [5.74, 6) is -0.945. The van der Waals surface area contributed by atoms with Crippen LogP contribution in [0.5, 0.6) is 5.75 Å². The summed E-state index contributed by atoms with van der Waals surface area (Å²) in [6.45, 7) is 4.41. The molecule has 0 spiro atoms. The highest BCUT2D eigenvalue weighted by molar-refractivity contribution is 6.04. The molecule has 0 radical (unpaired) electrons. The van der Waals surface area contributed by atoms with Crippen molar-refractivity contribution in [3.05, 3.63) is 53.8 Å². The first-order valence-electron chi connectivity index (χ1n) is 8.58. The molecule has 1 atom stereocenters. The molecule has 0 aromatic heterocycles. The molecular weight excluding hydrogens is 335 g/mol. The van der Waals surface area contributed by atoms with Gasteiger partial charge in [-0.05, 0) is 43.7 Å². The number of nitrogens with one attached hydrogen (secondary N) is 1. The number of rotatable bonds is 5. The minimum atomic E-state index is -0.544. The lowest BCUT2D eigenvalue weighted by molar-refractivity contribution is -0.122. The van der Waals surface area contributed by atoms with Crippen LogP contribution in [0.15, 0.2) is 42.5 Å². The molecule has 3 rings (SSSR count). The van der Waals surface area contributed by atoms with Crippen molar-refractivity contribution in [1.29, 1.82) is 0 Å². The van der Waals surface area contributed by atoms with E-state index in [-0.39, 0.29) is 30.5 Å². The van der Waals surface area contributed by atoms with Crippen LogP contribution in [0, 0.1) is 18.7 Å². The first kappa shape index (κ1) is 17.9. The topological polar surface area (TPSA) is 58.6 Å². The molecular formula is C20H21FN2O3. The van der Waals surface area contributed by atoms with Gasteiger partial charge in [-0.2, -0.15) is 0 Å². The van der Waals surface area contributed by atoms with E-state index in [1.807, 2.05) is 26.0 Å². The number of aryl methyl sites for hydroxylation is 1. The van der Waals surface area contributed by atoms with Crippen molar-refractivity contribution in [1.82, 2.24) is 0 Å². The fraction of sp³-hybridized carbons (Fsp3) is 0.300. The van der Waals surface area contributed by atoms with Gasteiger partial charge in [0, 0.05) is 13.0 Å². The fourth-order valence-corrected chi connectivity index (χ4v) is 3.04. The fourth-order valence-electron chi connectivity index (χ4n) is 3.04. The third-order valence-corrected chi connectivity index (χ3v) is 4.33. The molecule has 1 aliphatic heterocycles. The minimum absolute atomic E-state index is 0.0831. The number of anilines is 2. The molecule has 2 amide bonds. The molecule has 0 aliphatic carbocycles. The van der Waals surface area contributed by atoms with E-state index < -0.39 is 11.7 Å². The van der Waals surface area contributed by atoms with Gasteiger partial charge in [0.25, 0.3) is 0 Å². The molecule has 2 aromatic rings. The lowest BCUT2D eigenvalue weighted by Crippen LogP contribution is -2.28. The molecule has 136 valence electrons. The van der Waals surface area contributed by atoms with E-state index in [0.717, 1.165) is 5.56 Å². The van der Waals surface area contributed by atoms with Gasteiger partial charge in [0.05, 0.1) is 23.9 Å². The maximum Gasteiger partial charge on any atom is 0.229 e. The molecule has 1 unspecified atom stereocenters. The molecule has 1 aliphatic rings. The normalized spacial score (nSPS) is 16.7. The van der Waals surface area contributed by atoms with Crippen molar-refractivity contribution in [2.75, 3.05) is 23.4 Å². The number of carbonyl (C=O) groups excluding carboxylic acids is 2. The van der Waals surface area contributed by atoms with E-state index in [1.165, 1.54) is 6.07 Å². The molecule has 6 heteroatoms. The van der Waals surface area contributed by atoms with Crippen LogP contribution in [0.1, 0.15) is 18.9 Å². The quantitative estimate of drug-likeness (QED) is 0.892. The van der Waals surface area contributed by atoms with E-state index in [4.69, 9.17) is 4.74 Å². The number of carbonyl (C=O) groups is 2. The largest absolute Gasteiger partial charge is 0.492 e. The van der Waals surface area contributed by atoms with E-state index >= 15 is 0 Å². The number of halogens is 1. The van der Waals surface area contributed by atoms with Crippen molar-refractivity contribution in [3.8, 4) is 5.75 Å². The molecule has 0 bridgehead atoms. The molecule has 1 fully saturated rings. The van der Waals surface area contributed by atoms with E-state index in [0.29, 0.717) is 18.0 Å². The zero-order chi connectivity index (χ0) is 18.7. The highest BCUT2D eigenvalue weighted by atomic mass is 19.1. The van der Waals surface area contributed by atoms with Crippen molar-refractivity contribution >= 4 is 23.2 Å². The van der Waals surface area contributed by atoms with Gasteiger partial charge < -0.3 is 15.0 Å². The predicted octanol–water partition coefficient (Wildman–Crippen LogP) is 3.52. The van der Waals surface area contributed by atoms with Crippen LogP contribution in [-0.2, 0) is 9.59 Å². The summed E-state index contributed by atoms with van der Waals surface area (Å²) in [5, 5.41) is 2.60. The van der Waals surface area contributed by atoms with Crippen LogP contribution in [0.25, 0.3) is 0 Å². The summed E-state index contributed by atoms with van der Waals surface area (Å²) >= 11 is 0. The second-order valence-electron chi connectivity index (χ2n) is 6.28. The zero-order valence-electron chi connectivity index (χ0n) is 14.8. The predicted molar refractivity (Wildman–Crippen MR) is 97.8 cm³/mol. The number of ether oxygens (including phenoxy) is 1. The van der Waals surface area contributed by atoms with Crippen LogP contribution >= 0.6 is 0 Å². The number of nitrogens with zero attached hydrogens (tertiary/aromatic N) is 1. The second kappa shape index (κ2) is 7.56. The monoisotopic (exact) mass is 356 g/mol. The number of hydrogen-bond acceptors (Lipinski definition) is 3. The number of benzene rings is 2. The maximum atomic E-state index is 13.9. The van der Waals surface area contributed by atoms with Crippen molar-refractivity contribution in [2.24, 2.45) is 5.92 Å². The Kier molecular flexibility index (Phi) is 5.21. The first-order valence-corrected chi connectivity index (χ1v) is 8.58. The van der Waals surface area contributed by atoms with Gasteiger partial charge in [-0.1, -0.05) is 18.2 Å². The Morgan fingerprint density at radius 2 is 2.08 bits per heavy atom. The Morgan fingerprint density at radius 1 is 1.31 bits per heavy atom. The number of amides is 2. The smallest absolute Gasteiger partial charge is 0.229 e. The Bertz CT molecular complexity index is 838.